The van der Waals surface area contributed by atoms with Gasteiger partial charge in [0.15, 0.2) is 29.5 Å². The molecule has 7 aromatic rings. The molecule has 0 saturated carbocycles. The first-order chi connectivity index (χ1) is 35.6. The number of benzene rings is 6. The van der Waals surface area contributed by atoms with Crippen molar-refractivity contribution >= 4 is 34.8 Å². The van der Waals surface area contributed by atoms with E-state index < -0.39 is 66.6 Å². The summed E-state index contributed by atoms with van der Waals surface area (Å²) in [6.07, 6.45) is -7.54. The van der Waals surface area contributed by atoms with E-state index in [1.54, 1.807) is 78.9 Å². The molecule has 1 aliphatic heterocycles. The highest BCUT2D eigenvalue weighted by atomic mass is 16.7. The fourth-order valence-electron chi connectivity index (χ4n) is 7.78. The standard InChI is InChI=1S/C56H50O17/c1-3-28-66-49-46(59)45-42(64-2)31-39(32-43(45)69-47(49)38-25-26-41(40(58)30-38)65-29-16-27-57)68-56-51(73-55(63)37-23-14-7-15-24-37)50(72-54(62)36-21-12-6-13-22-36)48(71-53(61)35-19-10-5-11-20-35)44(70-56)33-67-52(60)34-17-8-4-9-18-34/h4-15,17-26,30-32,44,48,50-51,56-58H,3,16,27-29,33H2,1-2H3/t44?,48-,50?,51+,56-/m1/s1. The van der Waals surface area contributed by atoms with Crippen molar-refractivity contribution in [3.05, 3.63) is 184 Å². The monoisotopic (exact) mass is 994 g/mol. The number of ether oxygens (including phenoxy) is 9. The van der Waals surface area contributed by atoms with E-state index in [2.05, 4.69) is 0 Å². The molecule has 0 aliphatic carbocycles. The van der Waals surface area contributed by atoms with Gasteiger partial charge in [0.05, 0.1) is 42.6 Å². The number of hydrogen-bond donors (Lipinski definition) is 2. The Balaban J connectivity index is 1.26. The van der Waals surface area contributed by atoms with Gasteiger partial charge < -0.3 is 57.3 Å². The minimum atomic E-state index is -1.77. The SMILES string of the molecule is CCCOc1c(-c2ccc(OCCCO)c(O)c2)oc2cc(O[C@@H]3OC(COC(=O)c4ccccc4)[C@@H](OC(=O)c4ccccc4)C(OC(=O)c4ccccc4)[C@@H]3OC(=O)c3ccccc3)cc(OC)c2c1=O. The summed E-state index contributed by atoms with van der Waals surface area (Å²) in [7, 11) is 1.31. The van der Waals surface area contributed by atoms with Gasteiger partial charge in [0, 0.05) is 30.7 Å². The lowest BCUT2D eigenvalue weighted by atomic mass is 9.97. The van der Waals surface area contributed by atoms with E-state index in [9.17, 15) is 34.2 Å². The molecule has 17 nitrogen and oxygen atoms in total. The number of phenolic OH excluding ortho intramolecular Hbond substituents is 1. The predicted octanol–water partition coefficient (Wildman–Crippen LogP) is 8.36. The zero-order valence-electron chi connectivity index (χ0n) is 39.6. The topological polar surface area (TPSA) is 222 Å². The van der Waals surface area contributed by atoms with Crippen LogP contribution in [0.3, 0.4) is 0 Å². The van der Waals surface area contributed by atoms with Crippen molar-refractivity contribution < 1.29 is 76.4 Å². The maximum atomic E-state index is 14.5. The summed E-state index contributed by atoms with van der Waals surface area (Å²) < 4.78 is 61.2. The minimum Gasteiger partial charge on any atom is -0.504 e. The Hall–Kier alpha value is -8.67. The number of carbonyl (C=O) groups is 4. The van der Waals surface area contributed by atoms with E-state index in [1.807, 2.05) is 6.92 Å². The van der Waals surface area contributed by atoms with Gasteiger partial charge in [0.2, 0.25) is 23.6 Å². The summed E-state index contributed by atoms with van der Waals surface area (Å²) in [6, 6.07) is 38.9. The van der Waals surface area contributed by atoms with Crippen LogP contribution in [0.4, 0.5) is 0 Å². The fraction of sp³-hybridized carbons (Fsp3) is 0.232. The molecule has 1 saturated heterocycles. The second-order valence-electron chi connectivity index (χ2n) is 16.4. The summed E-state index contributed by atoms with van der Waals surface area (Å²) in [5.74, 6) is -4.02. The molecule has 376 valence electrons. The molecule has 2 heterocycles. The minimum absolute atomic E-state index is 0.0478. The largest absolute Gasteiger partial charge is 0.504 e. The van der Waals surface area contributed by atoms with Crippen LogP contribution < -0.4 is 24.4 Å². The van der Waals surface area contributed by atoms with Crippen LogP contribution >= 0.6 is 0 Å². The third kappa shape index (κ3) is 12.1. The van der Waals surface area contributed by atoms with Gasteiger partial charge in [-0.1, -0.05) is 79.7 Å². The van der Waals surface area contributed by atoms with Crippen molar-refractivity contribution in [1.82, 2.24) is 0 Å². The van der Waals surface area contributed by atoms with E-state index in [0.29, 0.717) is 12.8 Å². The average Bonchev–Trinajstić information content (AvgIpc) is 3.42. The molecule has 1 aromatic heterocycles. The number of carbonyl (C=O) groups excluding carboxylic acids is 4. The Labute approximate surface area is 418 Å². The maximum Gasteiger partial charge on any atom is 0.338 e. The van der Waals surface area contributed by atoms with Gasteiger partial charge >= 0.3 is 23.9 Å². The van der Waals surface area contributed by atoms with Crippen LogP contribution in [0.5, 0.6) is 28.7 Å². The Morgan fingerprint density at radius 2 is 1.16 bits per heavy atom. The Bertz CT molecular complexity index is 3070. The van der Waals surface area contributed by atoms with Gasteiger partial charge in [-0.3, -0.25) is 4.79 Å². The van der Waals surface area contributed by atoms with E-state index in [-0.39, 0.29) is 93.1 Å². The van der Waals surface area contributed by atoms with Crippen molar-refractivity contribution in [2.45, 2.75) is 50.5 Å². The lowest BCUT2D eigenvalue weighted by Crippen LogP contribution is -2.63. The van der Waals surface area contributed by atoms with Gasteiger partial charge in [-0.05, 0) is 73.2 Å². The third-order valence-electron chi connectivity index (χ3n) is 11.3. The number of fused-ring (bicyclic) bond motifs is 1. The predicted molar refractivity (Wildman–Crippen MR) is 262 cm³/mol. The van der Waals surface area contributed by atoms with Gasteiger partial charge in [-0.25, -0.2) is 19.2 Å². The molecule has 1 aliphatic rings. The van der Waals surface area contributed by atoms with Crippen LogP contribution in [0, 0.1) is 0 Å². The van der Waals surface area contributed by atoms with E-state index in [0.717, 1.165) is 0 Å². The summed E-state index contributed by atoms with van der Waals surface area (Å²) in [5, 5.41) is 20.1. The molecule has 6 aromatic carbocycles. The highest BCUT2D eigenvalue weighted by Crippen LogP contribution is 2.41. The van der Waals surface area contributed by atoms with Crippen LogP contribution in [-0.4, -0.2) is 98.3 Å². The first-order valence-corrected chi connectivity index (χ1v) is 23.3. The zero-order chi connectivity index (χ0) is 51.3. The van der Waals surface area contributed by atoms with E-state index in [4.69, 9.17) is 47.0 Å². The highest BCUT2D eigenvalue weighted by molar-refractivity contribution is 5.92. The molecule has 17 heteroatoms. The Morgan fingerprint density at radius 3 is 1.70 bits per heavy atom. The van der Waals surface area contributed by atoms with Crippen LogP contribution in [0.2, 0.25) is 0 Å². The number of hydrogen-bond acceptors (Lipinski definition) is 17. The first kappa shape index (κ1) is 50.7. The van der Waals surface area contributed by atoms with Crippen molar-refractivity contribution in [1.29, 1.82) is 0 Å². The maximum absolute atomic E-state index is 14.5. The van der Waals surface area contributed by atoms with Crippen molar-refractivity contribution in [2.75, 3.05) is 33.5 Å². The van der Waals surface area contributed by atoms with Gasteiger partial charge in [-0.15, -0.1) is 0 Å². The highest BCUT2D eigenvalue weighted by Gasteiger charge is 2.54. The number of phenols is 1. The molecule has 8 rings (SSSR count). The number of aromatic hydroxyl groups is 1. The van der Waals surface area contributed by atoms with E-state index >= 15 is 0 Å². The molecule has 0 spiro atoms. The van der Waals surface area contributed by atoms with Crippen LogP contribution in [0.15, 0.2) is 161 Å². The van der Waals surface area contributed by atoms with Gasteiger partial charge in [0.25, 0.3) is 0 Å². The van der Waals surface area contributed by atoms with Crippen LogP contribution in [0.25, 0.3) is 22.3 Å². The summed E-state index contributed by atoms with van der Waals surface area (Å²) in [5.41, 5.74) is -0.0141. The van der Waals surface area contributed by atoms with E-state index in [1.165, 1.54) is 79.9 Å². The zero-order valence-corrected chi connectivity index (χ0v) is 39.6. The third-order valence-corrected chi connectivity index (χ3v) is 11.3. The van der Waals surface area contributed by atoms with Crippen molar-refractivity contribution in [3.8, 4) is 40.1 Å². The quantitative estimate of drug-likeness (QED) is 0.0416. The van der Waals surface area contributed by atoms with Crippen molar-refractivity contribution in [2.24, 2.45) is 0 Å². The molecule has 0 radical (unpaired) electrons. The molecule has 2 N–H and O–H groups in total. The molecule has 1 fully saturated rings. The normalized spacial score (nSPS) is 17.2. The van der Waals surface area contributed by atoms with Gasteiger partial charge in [0.1, 0.15) is 35.2 Å². The Kier molecular flexibility index (Phi) is 16.6. The molecule has 0 bridgehead atoms. The number of rotatable bonds is 20. The second-order valence-corrected chi connectivity index (χ2v) is 16.4. The lowest BCUT2D eigenvalue weighted by Gasteiger charge is -2.44. The molecule has 0 amide bonds. The summed E-state index contributed by atoms with van der Waals surface area (Å²) in [6.45, 7) is 1.39. The molecular weight excluding hydrogens is 945 g/mol. The number of aliphatic hydroxyl groups excluding tert-OH is 1. The smallest absolute Gasteiger partial charge is 0.338 e. The molecule has 5 atom stereocenters. The fourth-order valence-corrected chi connectivity index (χ4v) is 7.78. The lowest BCUT2D eigenvalue weighted by molar-refractivity contribution is -0.275. The molecule has 73 heavy (non-hydrogen) atoms. The van der Waals surface area contributed by atoms with Crippen molar-refractivity contribution in [3.63, 3.8) is 0 Å². The number of aliphatic hydroxyl groups is 1. The first-order valence-electron chi connectivity index (χ1n) is 23.3. The second kappa shape index (κ2) is 24.0. The van der Waals surface area contributed by atoms with Crippen LogP contribution in [-0.2, 0) is 23.7 Å². The summed E-state index contributed by atoms with van der Waals surface area (Å²) in [4.78, 5) is 70.3. The number of methoxy groups -OCH3 is 1. The molecular formula is C56H50O17. The van der Waals surface area contributed by atoms with Gasteiger partial charge in [-0.2, -0.15) is 0 Å². The summed E-state index contributed by atoms with van der Waals surface area (Å²) >= 11 is 0. The molecule has 2 unspecified atom stereocenters. The average molecular weight is 995 g/mol. The Morgan fingerprint density at radius 1 is 0.616 bits per heavy atom. The number of esters is 4. The van der Waals surface area contributed by atoms with Crippen LogP contribution in [0.1, 0.15) is 61.2 Å².